The number of amides is 4. The number of nitrogens with zero attached hydrogens (tertiary/aromatic N) is 1. The molecule has 1 N–H and O–H groups in total. The molecule has 1 aliphatic heterocycles. The van der Waals surface area contributed by atoms with E-state index in [2.05, 4.69) is 5.32 Å². The van der Waals surface area contributed by atoms with Crippen molar-refractivity contribution >= 4 is 29.6 Å². The van der Waals surface area contributed by atoms with Crippen LogP contribution in [0.3, 0.4) is 0 Å². The maximum Gasteiger partial charge on any atom is 0.335 e. The van der Waals surface area contributed by atoms with Gasteiger partial charge in [-0.2, -0.15) is 0 Å². The number of carbonyl (C=O) groups excluding carboxylic acids is 3. The van der Waals surface area contributed by atoms with E-state index in [9.17, 15) is 18.8 Å². The normalized spacial score (nSPS) is 14.9. The summed E-state index contributed by atoms with van der Waals surface area (Å²) in [6.45, 7) is 0.0197. The van der Waals surface area contributed by atoms with Crippen LogP contribution in [0.15, 0.2) is 78.4 Å². The zero-order chi connectivity index (χ0) is 23.4. The Morgan fingerprint density at radius 1 is 0.939 bits per heavy atom. The number of halogens is 1. The first-order valence-corrected chi connectivity index (χ1v) is 9.98. The number of methoxy groups -OCH3 is 1. The summed E-state index contributed by atoms with van der Waals surface area (Å²) in [6.07, 6.45) is 1.37. The van der Waals surface area contributed by atoms with Gasteiger partial charge < -0.3 is 9.47 Å². The first kappa shape index (κ1) is 21.8. The molecule has 1 aliphatic rings. The lowest BCUT2D eigenvalue weighted by Crippen LogP contribution is -2.54. The van der Waals surface area contributed by atoms with E-state index in [-0.39, 0.29) is 18.0 Å². The number of hydrogen-bond acceptors (Lipinski definition) is 5. The van der Waals surface area contributed by atoms with Crippen molar-refractivity contribution in [3.05, 3.63) is 95.3 Å². The highest BCUT2D eigenvalue weighted by molar-refractivity contribution is 6.39. The third kappa shape index (κ3) is 4.74. The van der Waals surface area contributed by atoms with Crippen molar-refractivity contribution in [3.8, 4) is 11.5 Å². The van der Waals surface area contributed by atoms with Gasteiger partial charge in [-0.25, -0.2) is 14.1 Å². The minimum Gasteiger partial charge on any atom is -0.497 e. The number of urea groups is 1. The van der Waals surface area contributed by atoms with Gasteiger partial charge in [-0.1, -0.05) is 30.3 Å². The van der Waals surface area contributed by atoms with Crippen LogP contribution in [-0.2, 0) is 16.2 Å². The maximum atomic E-state index is 13.8. The van der Waals surface area contributed by atoms with Gasteiger partial charge in [0.05, 0.1) is 12.8 Å². The number of barbiturate groups is 1. The average Bonchev–Trinajstić information content (AvgIpc) is 2.82. The van der Waals surface area contributed by atoms with Crippen LogP contribution < -0.4 is 19.7 Å². The number of nitrogens with one attached hydrogen (secondary N) is 1. The van der Waals surface area contributed by atoms with Gasteiger partial charge in [-0.05, 0) is 54.1 Å². The Kier molecular flexibility index (Phi) is 6.17. The van der Waals surface area contributed by atoms with Crippen LogP contribution in [0, 0.1) is 5.82 Å². The molecule has 1 saturated heterocycles. The zero-order valence-electron chi connectivity index (χ0n) is 17.6. The Bertz CT molecular complexity index is 1250. The summed E-state index contributed by atoms with van der Waals surface area (Å²) in [4.78, 5) is 38.6. The van der Waals surface area contributed by atoms with Gasteiger partial charge in [-0.3, -0.25) is 14.9 Å². The molecule has 33 heavy (non-hydrogen) atoms. The molecular formula is C25H19FN2O5. The van der Waals surface area contributed by atoms with E-state index in [1.54, 1.807) is 66.7 Å². The van der Waals surface area contributed by atoms with Crippen LogP contribution in [0.5, 0.6) is 11.5 Å². The van der Waals surface area contributed by atoms with Crippen molar-refractivity contribution < 1.29 is 28.2 Å². The molecule has 1 fully saturated rings. The molecule has 0 radical (unpaired) electrons. The van der Waals surface area contributed by atoms with E-state index >= 15 is 0 Å². The van der Waals surface area contributed by atoms with Crippen molar-refractivity contribution in [2.45, 2.75) is 6.61 Å². The highest BCUT2D eigenvalue weighted by atomic mass is 19.1. The standard InChI is InChI=1S/C25H19FN2O5/c1-32-19-11-9-18(10-12-19)28-24(30)21(23(29)27-25(28)31)14-16-5-4-7-20(13-16)33-15-17-6-2-3-8-22(17)26/h2-14H,15H2,1H3,(H,27,29,31). The molecule has 0 aromatic heterocycles. The minimum atomic E-state index is -0.839. The van der Waals surface area contributed by atoms with Gasteiger partial charge in [-0.15, -0.1) is 0 Å². The summed E-state index contributed by atoms with van der Waals surface area (Å²) in [5, 5.41) is 2.18. The van der Waals surface area contributed by atoms with Crippen LogP contribution in [0.2, 0.25) is 0 Å². The molecule has 0 atom stereocenters. The van der Waals surface area contributed by atoms with E-state index in [0.29, 0.717) is 28.3 Å². The fourth-order valence-corrected chi connectivity index (χ4v) is 3.26. The predicted octanol–water partition coefficient (Wildman–Crippen LogP) is 4.08. The van der Waals surface area contributed by atoms with E-state index in [0.717, 1.165) is 4.90 Å². The number of imide groups is 2. The number of rotatable bonds is 6. The summed E-state index contributed by atoms with van der Waals surface area (Å²) < 4.78 is 24.6. The Balaban J connectivity index is 1.57. The molecule has 0 saturated carbocycles. The van der Waals surface area contributed by atoms with Crippen molar-refractivity contribution in [1.29, 1.82) is 0 Å². The van der Waals surface area contributed by atoms with E-state index in [1.165, 1.54) is 19.3 Å². The highest BCUT2D eigenvalue weighted by Crippen LogP contribution is 2.25. The van der Waals surface area contributed by atoms with E-state index in [4.69, 9.17) is 9.47 Å². The van der Waals surface area contributed by atoms with Gasteiger partial charge in [0.25, 0.3) is 11.8 Å². The summed E-state index contributed by atoms with van der Waals surface area (Å²) in [6, 6.07) is 18.4. The molecule has 4 rings (SSSR count). The second kappa shape index (κ2) is 9.35. The maximum absolute atomic E-state index is 13.8. The topological polar surface area (TPSA) is 84.9 Å². The number of ether oxygens (including phenoxy) is 2. The van der Waals surface area contributed by atoms with Crippen molar-refractivity contribution in [3.63, 3.8) is 0 Å². The van der Waals surface area contributed by atoms with E-state index in [1.807, 2.05) is 0 Å². The van der Waals surface area contributed by atoms with Crippen LogP contribution in [-0.4, -0.2) is 25.0 Å². The fourth-order valence-electron chi connectivity index (χ4n) is 3.26. The predicted molar refractivity (Wildman–Crippen MR) is 119 cm³/mol. The second-order valence-electron chi connectivity index (χ2n) is 7.11. The molecule has 3 aromatic carbocycles. The van der Waals surface area contributed by atoms with Gasteiger partial charge in [0.1, 0.15) is 29.5 Å². The quantitative estimate of drug-likeness (QED) is 0.456. The average molecular weight is 446 g/mol. The second-order valence-corrected chi connectivity index (χ2v) is 7.11. The molecule has 0 unspecified atom stereocenters. The van der Waals surface area contributed by atoms with Crippen molar-refractivity contribution in [2.75, 3.05) is 12.0 Å². The fraction of sp³-hybridized carbons (Fsp3) is 0.0800. The molecule has 8 heteroatoms. The van der Waals surface area contributed by atoms with Crippen molar-refractivity contribution in [1.82, 2.24) is 5.32 Å². The van der Waals surface area contributed by atoms with Gasteiger partial charge in [0, 0.05) is 5.56 Å². The largest absolute Gasteiger partial charge is 0.497 e. The number of benzene rings is 3. The highest BCUT2D eigenvalue weighted by Gasteiger charge is 2.36. The molecule has 4 amide bonds. The molecule has 0 bridgehead atoms. The van der Waals surface area contributed by atoms with Crippen LogP contribution in [0.4, 0.5) is 14.9 Å². The van der Waals surface area contributed by atoms with Gasteiger partial charge in [0.15, 0.2) is 0 Å². The Labute approximate surface area is 189 Å². The van der Waals surface area contributed by atoms with Crippen LogP contribution >= 0.6 is 0 Å². The molecule has 166 valence electrons. The summed E-state index contributed by atoms with van der Waals surface area (Å²) in [7, 11) is 1.50. The van der Waals surface area contributed by atoms with Crippen LogP contribution in [0.25, 0.3) is 6.08 Å². The summed E-state index contributed by atoms with van der Waals surface area (Å²) in [5.41, 5.74) is 0.982. The number of anilines is 1. The monoisotopic (exact) mass is 446 g/mol. The molecule has 0 spiro atoms. The van der Waals surface area contributed by atoms with Gasteiger partial charge in [0.2, 0.25) is 0 Å². The smallest absolute Gasteiger partial charge is 0.335 e. The lowest BCUT2D eigenvalue weighted by molar-refractivity contribution is -0.122. The lowest BCUT2D eigenvalue weighted by atomic mass is 10.1. The molecule has 7 nitrogen and oxygen atoms in total. The molecule has 0 aliphatic carbocycles. The number of carbonyl (C=O) groups is 3. The SMILES string of the molecule is COc1ccc(N2C(=O)NC(=O)C(=Cc3cccc(OCc4ccccc4F)c3)C2=O)cc1. The number of hydrogen-bond donors (Lipinski definition) is 1. The summed E-state index contributed by atoms with van der Waals surface area (Å²) in [5.74, 6) is -0.940. The van der Waals surface area contributed by atoms with Crippen LogP contribution in [0.1, 0.15) is 11.1 Å². The summed E-state index contributed by atoms with van der Waals surface area (Å²) >= 11 is 0. The van der Waals surface area contributed by atoms with Gasteiger partial charge >= 0.3 is 6.03 Å². The Morgan fingerprint density at radius 2 is 1.70 bits per heavy atom. The molecule has 3 aromatic rings. The zero-order valence-corrected chi connectivity index (χ0v) is 17.6. The lowest BCUT2D eigenvalue weighted by Gasteiger charge is -2.26. The molecule has 1 heterocycles. The first-order chi connectivity index (χ1) is 16.0. The third-order valence-corrected chi connectivity index (χ3v) is 4.95. The first-order valence-electron chi connectivity index (χ1n) is 9.98. The third-order valence-electron chi connectivity index (χ3n) is 4.95. The Hall–Kier alpha value is -4.46. The minimum absolute atomic E-state index is 0.0197. The van der Waals surface area contributed by atoms with Crippen molar-refractivity contribution in [2.24, 2.45) is 0 Å². The Morgan fingerprint density at radius 3 is 2.42 bits per heavy atom. The van der Waals surface area contributed by atoms with E-state index < -0.39 is 17.8 Å². The molecular weight excluding hydrogens is 427 g/mol.